The fraction of sp³-hybridized carbons (Fsp3) is 0.238. The first-order chi connectivity index (χ1) is 13.3. The number of methoxy groups -OCH3 is 1. The predicted molar refractivity (Wildman–Crippen MR) is 106 cm³/mol. The SMILES string of the molecule is COc1ccc(OCCNCCC(=O)Nc2cccc3cccnc23)cc1. The van der Waals surface area contributed by atoms with E-state index in [2.05, 4.69) is 15.6 Å². The Morgan fingerprint density at radius 1 is 1.00 bits per heavy atom. The van der Waals surface area contributed by atoms with Gasteiger partial charge < -0.3 is 20.1 Å². The highest BCUT2D eigenvalue weighted by molar-refractivity contribution is 6.00. The van der Waals surface area contributed by atoms with Gasteiger partial charge in [0.05, 0.1) is 18.3 Å². The smallest absolute Gasteiger partial charge is 0.225 e. The fourth-order valence-electron chi connectivity index (χ4n) is 2.66. The Kier molecular flexibility index (Phi) is 6.60. The molecule has 6 nitrogen and oxygen atoms in total. The van der Waals surface area contributed by atoms with Crippen LogP contribution in [0.1, 0.15) is 6.42 Å². The van der Waals surface area contributed by atoms with Crippen molar-refractivity contribution in [1.29, 1.82) is 0 Å². The Balaban J connectivity index is 1.36. The van der Waals surface area contributed by atoms with E-state index in [0.717, 1.165) is 28.1 Å². The highest BCUT2D eigenvalue weighted by Gasteiger charge is 2.06. The number of hydrogen-bond acceptors (Lipinski definition) is 5. The number of pyridine rings is 1. The minimum absolute atomic E-state index is 0.0447. The molecule has 0 aliphatic heterocycles. The van der Waals surface area contributed by atoms with Crippen LogP contribution >= 0.6 is 0 Å². The second kappa shape index (κ2) is 9.54. The first-order valence-electron chi connectivity index (χ1n) is 8.87. The van der Waals surface area contributed by atoms with Gasteiger partial charge in [-0.2, -0.15) is 0 Å². The van der Waals surface area contributed by atoms with E-state index in [9.17, 15) is 4.79 Å². The van der Waals surface area contributed by atoms with Gasteiger partial charge in [-0.3, -0.25) is 9.78 Å². The van der Waals surface area contributed by atoms with Crippen molar-refractivity contribution >= 4 is 22.5 Å². The van der Waals surface area contributed by atoms with Crippen LogP contribution in [-0.4, -0.2) is 37.7 Å². The molecule has 1 amide bonds. The monoisotopic (exact) mass is 365 g/mol. The maximum atomic E-state index is 12.1. The van der Waals surface area contributed by atoms with Crippen LogP contribution in [0.3, 0.4) is 0 Å². The molecule has 6 heteroatoms. The zero-order valence-corrected chi connectivity index (χ0v) is 15.3. The lowest BCUT2D eigenvalue weighted by atomic mass is 10.2. The van der Waals surface area contributed by atoms with Gasteiger partial charge in [-0.1, -0.05) is 18.2 Å². The molecule has 27 heavy (non-hydrogen) atoms. The first kappa shape index (κ1) is 18.7. The van der Waals surface area contributed by atoms with Crippen LogP contribution in [0.4, 0.5) is 5.69 Å². The molecule has 3 aromatic rings. The molecule has 0 saturated carbocycles. The lowest BCUT2D eigenvalue weighted by Gasteiger charge is -2.09. The number of carbonyl (C=O) groups excluding carboxylic acids is 1. The van der Waals surface area contributed by atoms with Crippen molar-refractivity contribution in [2.24, 2.45) is 0 Å². The van der Waals surface area contributed by atoms with Crippen molar-refractivity contribution in [3.8, 4) is 11.5 Å². The summed E-state index contributed by atoms with van der Waals surface area (Å²) in [4.78, 5) is 16.5. The zero-order chi connectivity index (χ0) is 18.9. The van der Waals surface area contributed by atoms with E-state index in [1.165, 1.54) is 0 Å². The topological polar surface area (TPSA) is 72.5 Å². The maximum absolute atomic E-state index is 12.1. The Labute approximate surface area is 158 Å². The van der Waals surface area contributed by atoms with Gasteiger partial charge in [0.2, 0.25) is 5.91 Å². The third kappa shape index (κ3) is 5.43. The fourth-order valence-corrected chi connectivity index (χ4v) is 2.66. The lowest BCUT2D eigenvalue weighted by molar-refractivity contribution is -0.116. The highest BCUT2D eigenvalue weighted by atomic mass is 16.5. The normalized spacial score (nSPS) is 10.6. The number of rotatable bonds is 9. The molecular formula is C21H23N3O3. The number of fused-ring (bicyclic) bond motifs is 1. The number of ether oxygens (including phenoxy) is 2. The average molecular weight is 365 g/mol. The summed E-state index contributed by atoms with van der Waals surface area (Å²) in [6.07, 6.45) is 2.11. The first-order valence-corrected chi connectivity index (χ1v) is 8.87. The summed E-state index contributed by atoms with van der Waals surface area (Å²) < 4.78 is 10.7. The summed E-state index contributed by atoms with van der Waals surface area (Å²) in [5.74, 6) is 1.54. The quantitative estimate of drug-likeness (QED) is 0.570. The molecule has 0 spiro atoms. The predicted octanol–water partition coefficient (Wildman–Crippen LogP) is 3.24. The second-order valence-electron chi connectivity index (χ2n) is 5.95. The van der Waals surface area contributed by atoms with Gasteiger partial charge in [0, 0.05) is 31.1 Å². The molecule has 2 N–H and O–H groups in total. The Bertz CT molecular complexity index is 876. The third-order valence-electron chi connectivity index (χ3n) is 4.04. The molecule has 0 bridgehead atoms. The summed E-state index contributed by atoms with van der Waals surface area (Å²) >= 11 is 0. The van der Waals surface area contributed by atoms with Gasteiger partial charge in [0.15, 0.2) is 0 Å². The van der Waals surface area contributed by atoms with Gasteiger partial charge >= 0.3 is 0 Å². The number of nitrogens with zero attached hydrogens (tertiary/aromatic N) is 1. The Morgan fingerprint density at radius 2 is 1.78 bits per heavy atom. The molecule has 0 saturated heterocycles. The number of aromatic nitrogens is 1. The number of amides is 1. The van der Waals surface area contributed by atoms with Crippen LogP contribution in [0.25, 0.3) is 10.9 Å². The average Bonchev–Trinajstić information content (AvgIpc) is 2.71. The number of carbonyl (C=O) groups is 1. The van der Waals surface area contributed by atoms with Crippen molar-refractivity contribution in [1.82, 2.24) is 10.3 Å². The van der Waals surface area contributed by atoms with Gasteiger partial charge in [-0.25, -0.2) is 0 Å². The van der Waals surface area contributed by atoms with Crippen LogP contribution in [0.15, 0.2) is 60.8 Å². The molecule has 0 radical (unpaired) electrons. The molecule has 1 heterocycles. The van der Waals surface area contributed by atoms with Crippen molar-refractivity contribution in [3.05, 3.63) is 60.8 Å². The summed E-state index contributed by atoms with van der Waals surface area (Å²) in [6.45, 7) is 1.77. The molecule has 0 aliphatic rings. The molecule has 0 unspecified atom stereocenters. The van der Waals surface area contributed by atoms with Crippen molar-refractivity contribution in [2.45, 2.75) is 6.42 Å². The Hall–Kier alpha value is -3.12. The van der Waals surface area contributed by atoms with Gasteiger partial charge in [0.1, 0.15) is 18.1 Å². The van der Waals surface area contributed by atoms with Crippen LogP contribution in [0, 0.1) is 0 Å². The molecule has 3 rings (SSSR count). The summed E-state index contributed by atoms with van der Waals surface area (Å²) in [7, 11) is 1.63. The van der Waals surface area contributed by atoms with E-state index in [1.54, 1.807) is 13.3 Å². The second-order valence-corrected chi connectivity index (χ2v) is 5.95. The van der Waals surface area contributed by atoms with E-state index in [-0.39, 0.29) is 5.91 Å². The van der Waals surface area contributed by atoms with E-state index in [1.807, 2.05) is 54.6 Å². The minimum atomic E-state index is -0.0447. The van der Waals surface area contributed by atoms with Gasteiger partial charge in [-0.05, 0) is 36.4 Å². The highest BCUT2D eigenvalue weighted by Crippen LogP contribution is 2.20. The number of para-hydroxylation sites is 1. The summed E-state index contributed by atoms with van der Waals surface area (Å²) in [6, 6.07) is 17.0. The molecule has 2 aromatic carbocycles. The largest absolute Gasteiger partial charge is 0.497 e. The van der Waals surface area contributed by atoms with Gasteiger partial charge in [0.25, 0.3) is 0 Å². The number of hydrogen-bond donors (Lipinski definition) is 2. The van der Waals surface area contributed by atoms with E-state index < -0.39 is 0 Å². The van der Waals surface area contributed by atoms with Crippen LogP contribution in [0.5, 0.6) is 11.5 Å². The number of nitrogens with one attached hydrogen (secondary N) is 2. The zero-order valence-electron chi connectivity index (χ0n) is 15.3. The molecule has 140 valence electrons. The summed E-state index contributed by atoms with van der Waals surface area (Å²) in [5, 5.41) is 7.14. The number of anilines is 1. The van der Waals surface area contributed by atoms with Crippen LogP contribution < -0.4 is 20.1 Å². The standard InChI is InChI=1S/C21H23N3O3/c1-26-17-7-9-18(10-8-17)27-15-14-22-13-11-20(25)24-19-6-2-4-16-5-3-12-23-21(16)19/h2-10,12,22H,11,13-15H2,1H3,(H,24,25). The Morgan fingerprint density at radius 3 is 2.59 bits per heavy atom. The van der Waals surface area contributed by atoms with Crippen LogP contribution in [0.2, 0.25) is 0 Å². The lowest BCUT2D eigenvalue weighted by Crippen LogP contribution is -2.25. The van der Waals surface area contributed by atoms with E-state index in [0.29, 0.717) is 26.1 Å². The minimum Gasteiger partial charge on any atom is -0.497 e. The van der Waals surface area contributed by atoms with Crippen LogP contribution in [-0.2, 0) is 4.79 Å². The summed E-state index contributed by atoms with van der Waals surface area (Å²) in [5.41, 5.74) is 1.54. The molecule has 0 atom stereocenters. The van der Waals surface area contributed by atoms with E-state index >= 15 is 0 Å². The molecule has 0 fully saturated rings. The van der Waals surface area contributed by atoms with E-state index in [4.69, 9.17) is 9.47 Å². The maximum Gasteiger partial charge on any atom is 0.225 e. The van der Waals surface area contributed by atoms with Gasteiger partial charge in [-0.15, -0.1) is 0 Å². The van der Waals surface area contributed by atoms with Crippen molar-refractivity contribution < 1.29 is 14.3 Å². The van der Waals surface area contributed by atoms with Crippen molar-refractivity contribution in [3.63, 3.8) is 0 Å². The third-order valence-corrected chi connectivity index (χ3v) is 4.04. The molecule has 1 aromatic heterocycles. The molecular weight excluding hydrogens is 342 g/mol. The molecule has 0 aliphatic carbocycles. The number of benzene rings is 2. The van der Waals surface area contributed by atoms with Crippen molar-refractivity contribution in [2.75, 3.05) is 32.1 Å².